The molecule has 0 saturated heterocycles. The highest BCUT2D eigenvalue weighted by atomic mass is 16.3. The van der Waals surface area contributed by atoms with Gasteiger partial charge >= 0.3 is 0 Å². The Labute approximate surface area is 241 Å². The Kier molecular flexibility index (Phi) is 7.15. The molecule has 12 nitrogen and oxygen atoms in total. The van der Waals surface area contributed by atoms with E-state index in [2.05, 4.69) is 10.3 Å². The van der Waals surface area contributed by atoms with Crippen LogP contribution in [0.2, 0.25) is 0 Å². The highest BCUT2D eigenvalue weighted by Crippen LogP contribution is 2.53. The number of aryl methyl sites for hydroxylation is 1. The molecule has 1 heterocycles. The second kappa shape index (κ2) is 10.4. The summed E-state index contributed by atoms with van der Waals surface area (Å²) in [6.45, 7) is 1.80. The van der Waals surface area contributed by atoms with Crippen molar-refractivity contribution in [1.29, 1.82) is 0 Å². The third-order valence-electron chi connectivity index (χ3n) is 8.64. The summed E-state index contributed by atoms with van der Waals surface area (Å²) < 4.78 is 0. The number of phenols is 1. The number of nitrogens with two attached hydrogens (primary N) is 1. The molecule has 3 aliphatic carbocycles. The Hall–Kier alpha value is -4.55. The summed E-state index contributed by atoms with van der Waals surface area (Å²) in [4.78, 5) is 57.4. The van der Waals surface area contributed by atoms with Crippen LogP contribution in [0.3, 0.4) is 0 Å². The van der Waals surface area contributed by atoms with E-state index < -0.39 is 64.0 Å². The number of aliphatic hydroxyl groups is 3. The molecule has 3 aliphatic rings. The number of Topliss-reactive ketones (excluding diaryl/α,β-unsaturated/α-hetero) is 2. The van der Waals surface area contributed by atoms with E-state index in [1.165, 1.54) is 17.3 Å². The van der Waals surface area contributed by atoms with Gasteiger partial charge in [-0.25, -0.2) is 0 Å². The number of hydrogen-bond acceptors (Lipinski definition) is 10. The van der Waals surface area contributed by atoms with Gasteiger partial charge < -0.3 is 31.5 Å². The van der Waals surface area contributed by atoms with E-state index in [4.69, 9.17) is 5.73 Å². The van der Waals surface area contributed by atoms with E-state index in [1.807, 2.05) is 6.92 Å². The van der Waals surface area contributed by atoms with Crippen LogP contribution in [0.1, 0.15) is 46.0 Å². The van der Waals surface area contributed by atoms with E-state index in [0.29, 0.717) is 23.1 Å². The number of aromatic nitrogens is 1. The number of primary amides is 1. The topological polar surface area (TPSA) is 203 Å². The van der Waals surface area contributed by atoms with Crippen LogP contribution >= 0.6 is 0 Å². The van der Waals surface area contributed by atoms with Crippen molar-refractivity contribution in [1.82, 2.24) is 15.2 Å². The summed E-state index contributed by atoms with van der Waals surface area (Å²) in [5, 5.41) is 48.3. The summed E-state index contributed by atoms with van der Waals surface area (Å²) in [7, 11) is 3.10. The van der Waals surface area contributed by atoms with Crippen molar-refractivity contribution in [3.63, 3.8) is 0 Å². The van der Waals surface area contributed by atoms with Crippen LogP contribution in [0, 0.1) is 11.8 Å². The average molecular weight is 577 g/mol. The van der Waals surface area contributed by atoms with Crippen LogP contribution in [0.5, 0.6) is 5.75 Å². The largest absolute Gasteiger partial charge is 0.508 e. The van der Waals surface area contributed by atoms with Gasteiger partial charge in [-0.1, -0.05) is 13.0 Å². The maximum atomic E-state index is 14.0. The van der Waals surface area contributed by atoms with Gasteiger partial charge in [0.1, 0.15) is 22.8 Å². The van der Waals surface area contributed by atoms with Crippen molar-refractivity contribution >= 4 is 29.1 Å². The minimum Gasteiger partial charge on any atom is -0.508 e. The maximum absolute atomic E-state index is 14.0. The zero-order valence-corrected chi connectivity index (χ0v) is 23.3. The number of nitrogens with one attached hydrogen (secondary N) is 1. The Balaban J connectivity index is 1.62. The molecule has 0 bridgehead atoms. The van der Waals surface area contributed by atoms with Crippen LogP contribution in [0.4, 0.5) is 0 Å². The first-order valence-electron chi connectivity index (χ1n) is 13.5. The fourth-order valence-electron chi connectivity index (χ4n) is 6.68. The minimum atomic E-state index is -2.71. The first-order valence-corrected chi connectivity index (χ1v) is 13.5. The van der Waals surface area contributed by atoms with Gasteiger partial charge in [0, 0.05) is 36.0 Å². The highest BCUT2D eigenvalue weighted by molar-refractivity contribution is 6.24. The van der Waals surface area contributed by atoms with Crippen LogP contribution in [0.25, 0.3) is 5.76 Å². The molecule has 220 valence electrons. The van der Waals surface area contributed by atoms with Gasteiger partial charge in [-0.2, -0.15) is 0 Å². The molecule has 4 atom stereocenters. The van der Waals surface area contributed by atoms with Crippen molar-refractivity contribution in [2.75, 3.05) is 14.1 Å². The molecule has 42 heavy (non-hydrogen) atoms. The summed E-state index contributed by atoms with van der Waals surface area (Å²) in [5.41, 5.74) is 3.56. The first-order chi connectivity index (χ1) is 19.8. The van der Waals surface area contributed by atoms with Crippen molar-refractivity contribution < 1.29 is 39.6 Å². The molecule has 7 N–H and O–H groups in total. The van der Waals surface area contributed by atoms with Crippen LogP contribution in [-0.4, -0.2) is 79.4 Å². The van der Waals surface area contributed by atoms with Gasteiger partial charge in [0.05, 0.1) is 17.2 Å². The summed E-state index contributed by atoms with van der Waals surface area (Å²) in [5.74, 6) is -7.44. The number of nitrogens with zero attached hydrogens (tertiary/aromatic N) is 2. The number of aromatic hydroxyl groups is 1. The lowest BCUT2D eigenvalue weighted by atomic mass is 9.57. The molecule has 1 fully saturated rings. The molecular formula is C30H32N4O8. The number of amides is 2. The average Bonchev–Trinajstić information content (AvgIpc) is 2.94. The standard InChI is InChI=1S/C30H32N4O8/c1-4-13-8-16(12-33-29(41)14-6-5-7-32-11-14)23(35)20-17(13)9-15-10-18-22(34(2)3)25(37)21(28(31)40)27(39)30(18,42)26(38)19(15)24(20)36/h5-8,11,15,18,22,35-36,39,42H,4,9-10,12H2,1-3H3,(H2,31,40)(H,33,41)/t15-,18-,22-,30+/m1/s1. The molecule has 0 spiro atoms. The summed E-state index contributed by atoms with van der Waals surface area (Å²) >= 11 is 0. The molecule has 0 radical (unpaired) electrons. The molecule has 12 heteroatoms. The van der Waals surface area contributed by atoms with Crippen LogP contribution < -0.4 is 11.1 Å². The molecule has 1 saturated carbocycles. The van der Waals surface area contributed by atoms with E-state index >= 15 is 0 Å². The Bertz CT molecular complexity index is 1600. The summed E-state index contributed by atoms with van der Waals surface area (Å²) in [6.07, 6.45) is 3.65. The van der Waals surface area contributed by atoms with Crippen molar-refractivity contribution in [2.24, 2.45) is 17.6 Å². The normalized spacial score (nSPS) is 25.2. The molecule has 0 aliphatic heterocycles. The molecule has 1 aromatic carbocycles. The fraction of sp³-hybridized carbons (Fsp3) is 0.367. The lowest BCUT2D eigenvalue weighted by Crippen LogP contribution is -2.65. The van der Waals surface area contributed by atoms with Gasteiger partial charge in [0.15, 0.2) is 11.4 Å². The number of likely N-dealkylation sites (N-methyl/N-ethyl adjacent to an activating group) is 1. The Morgan fingerprint density at radius 1 is 1.19 bits per heavy atom. The molecule has 2 aromatic rings. The van der Waals surface area contributed by atoms with Crippen molar-refractivity contribution in [2.45, 2.75) is 44.4 Å². The number of rotatable bonds is 6. The van der Waals surface area contributed by atoms with Gasteiger partial charge in [-0.15, -0.1) is 0 Å². The second-order valence-electron chi connectivity index (χ2n) is 11.1. The van der Waals surface area contributed by atoms with Crippen molar-refractivity contribution in [3.8, 4) is 5.75 Å². The number of aliphatic hydroxyl groups excluding tert-OH is 2. The van der Waals surface area contributed by atoms with Gasteiger partial charge in [0.25, 0.3) is 11.8 Å². The number of phenolic OH excluding ortho intramolecular Hbond substituents is 1. The zero-order chi connectivity index (χ0) is 30.7. The van der Waals surface area contributed by atoms with E-state index in [-0.39, 0.29) is 36.3 Å². The molecule has 5 rings (SSSR count). The predicted octanol–water partition coefficient (Wildman–Crippen LogP) is 0.851. The third kappa shape index (κ3) is 4.17. The number of pyridine rings is 1. The molecule has 0 unspecified atom stereocenters. The number of hydrogen-bond donors (Lipinski definition) is 6. The second-order valence-corrected chi connectivity index (χ2v) is 11.1. The van der Waals surface area contributed by atoms with E-state index in [0.717, 1.165) is 5.56 Å². The predicted molar refractivity (Wildman–Crippen MR) is 149 cm³/mol. The lowest BCUT2D eigenvalue weighted by Gasteiger charge is -2.50. The summed E-state index contributed by atoms with van der Waals surface area (Å²) in [6, 6.07) is 3.79. The lowest BCUT2D eigenvalue weighted by molar-refractivity contribution is -0.153. The third-order valence-corrected chi connectivity index (χ3v) is 8.64. The smallest absolute Gasteiger partial charge is 0.255 e. The Morgan fingerprint density at radius 2 is 1.90 bits per heavy atom. The van der Waals surface area contributed by atoms with Crippen LogP contribution in [-0.2, 0) is 33.8 Å². The first kappa shape index (κ1) is 29.0. The van der Waals surface area contributed by atoms with Crippen LogP contribution in [0.15, 0.2) is 47.5 Å². The SMILES string of the molecule is CCc1cc(CNC(=O)c2cccnc2)c(O)c2c1C[C@@H]1C[C@@H]3[C@@H](N(C)C)C(=O)C(C(N)=O)=C(O)[C@@]3(O)C(=O)C1=C2O. The number of fused-ring (bicyclic) bond motifs is 3. The number of carbonyl (C=O) groups is 4. The number of carbonyl (C=O) groups excluding carboxylic acids is 4. The fourth-order valence-corrected chi connectivity index (χ4v) is 6.68. The van der Waals surface area contributed by atoms with Gasteiger partial charge in [-0.3, -0.25) is 29.1 Å². The molecule has 2 amide bonds. The number of benzene rings is 1. The molecule has 1 aromatic heterocycles. The highest BCUT2D eigenvalue weighted by Gasteiger charge is 2.64. The van der Waals surface area contributed by atoms with Gasteiger partial charge in [0.2, 0.25) is 5.78 Å². The number of ketones is 2. The minimum absolute atomic E-state index is 0.00346. The monoisotopic (exact) mass is 576 g/mol. The van der Waals surface area contributed by atoms with E-state index in [9.17, 15) is 39.6 Å². The molecular weight excluding hydrogens is 544 g/mol. The van der Waals surface area contributed by atoms with Gasteiger partial charge in [-0.05, 0) is 62.5 Å². The van der Waals surface area contributed by atoms with E-state index in [1.54, 1.807) is 32.3 Å². The zero-order valence-electron chi connectivity index (χ0n) is 23.3. The van der Waals surface area contributed by atoms with Crippen molar-refractivity contribution in [3.05, 3.63) is 75.3 Å². The Morgan fingerprint density at radius 3 is 2.50 bits per heavy atom. The quantitative estimate of drug-likeness (QED) is 0.268. The maximum Gasteiger partial charge on any atom is 0.255 e.